The molecule has 1 atom stereocenters. The van der Waals surface area contributed by atoms with Gasteiger partial charge in [-0.2, -0.15) is 0 Å². The highest BCUT2D eigenvalue weighted by Crippen LogP contribution is 2.49. The van der Waals surface area contributed by atoms with Gasteiger partial charge in [-0.15, -0.1) is 0 Å². The summed E-state index contributed by atoms with van der Waals surface area (Å²) in [7, 11) is 1.49. The van der Waals surface area contributed by atoms with Crippen LogP contribution >= 0.6 is 8.45 Å². The van der Waals surface area contributed by atoms with Crippen molar-refractivity contribution in [2.24, 2.45) is 0 Å². The summed E-state index contributed by atoms with van der Waals surface area (Å²) in [6.07, 6.45) is 0.266. The molecule has 104 valence electrons. The average molecular weight is 262 g/mol. The summed E-state index contributed by atoms with van der Waals surface area (Å²) < 4.78 is 11.0. The highest BCUT2D eigenvalue weighted by molar-refractivity contribution is 7.47. The van der Waals surface area contributed by atoms with Crippen molar-refractivity contribution in [3.8, 4) is 0 Å². The third-order valence-corrected chi connectivity index (χ3v) is 5.51. The standard InChI is InChI=1S/C13H31N2OP/c1-10(2)14(9)17(16-13(7)8)15(11(3)4)12(5)6/h10-13H,1-9H3. The van der Waals surface area contributed by atoms with Crippen LogP contribution in [0.5, 0.6) is 0 Å². The maximum Gasteiger partial charge on any atom is 0.188 e. The maximum absolute atomic E-state index is 6.17. The van der Waals surface area contributed by atoms with Crippen molar-refractivity contribution in [3.63, 3.8) is 0 Å². The van der Waals surface area contributed by atoms with E-state index < -0.39 is 8.45 Å². The lowest BCUT2D eigenvalue weighted by atomic mass is 10.3. The van der Waals surface area contributed by atoms with Crippen LogP contribution in [0.3, 0.4) is 0 Å². The molecule has 1 unspecified atom stereocenters. The third-order valence-electron chi connectivity index (χ3n) is 2.58. The van der Waals surface area contributed by atoms with Crippen molar-refractivity contribution in [2.75, 3.05) is 7.05 Å². The van der Waals surface area contributed by atoms with Gasteiger partial charge in [0.25, 0.3) is 0 Å². The molecule has 0 radical (unpaired) electrons. The maximum atomic E-state index is 6.17. The molecule has 0 aliphatic heterocycles. The molecule has 0 spiro atoms. The Morgan fingerprint density at radius 3 is 1.41 bits per heavy atom. The van der Waals surface area contributed by atoms with Gasteiger partial charge in [0.05, 0.1) is 6.10 Å². The minimum absolute atomic E-state index is 0.266. The van der Waals surface area contributed by atoms with Gasteiger partial charge in [-0.1, -0.05) is 0 Å². The second-order valence-electron chi connectivity index (χ2n) is 5.64. The van der Waals surface area contributed by atoms with Crippen LogP contribution in [0.4, 0.5) is 0 Å². The van der Waals surface area contributed by atoms with Crippen LogP contribution in [-0.4, -0.2) is 40.6 Å². The largest absolute Gasteiger partial charge is 0.329 e. The van der Waals surface area contributed by atoms with Gasteiger partial charge < -0.3 is 4.52 Å². The highest BCUT2D eigenvalue weighted by Gasteiger charge is 2.31. The Labute approximate surface area is 109 Å². The quantitative estimate of drug-likeness (QED) is 0.642. The minimum Gasteiger partial charge on any atom is -0.329 e. The van der Waals surface area contributed by atoms with Crippen LogP contribution in [0.25, 0.3) is 0 Å². The number of nitrogens with zero attached hydrogens (tertiary/aromatic N) is 2. The van der Waals surface area contributed by atoms with E-state index in [0.717, 1.165) is 0 Å². The zero-order chi connectivity index (χ0) is 13.7. The van der Waals surface area contributed by atoms with E-state index in [1.807, 2.05) is 0 Å². The van der Waals surface area contributed by atoms with Crippen molar-refractivity contribution in [1.82, 2.24) is 9.34 Å². The van der Waals surface area contributed by atoms with Gasteiger partial charge in [-0.3, -0.25) is 0 Å². The Bertz CT molecular complexity index is 200. The van der Waals surface area contributed by atoms with Gasteiger partial charge >= 0.3 is 0 Å². The van der Waals surface area contributed by atoms with E-state index in [1.54, 1.807) is 0 Å². The van der Waals surface area contributed by atoms with Gasteiger partial charge in [-0.25, -0.2) is 9.34 Å². The van der Waals surface area contributed by atoms with Crippen molar-refractivity contribution in [1.29, 1.82) is 0 Å². The predicted octanol–water partition coefficient (Wildman–Crippen LogP) is 4.10. The van der Waals surface area contributed by atoms with E-state index in [1.165, 1.54) is 0 Å². The first-order chi connectivity index (χ1) is 7.68. The van der Waals surface area contributed by atoms with Crippen LogP contribution in [0, 0.1) is 0 Å². The van der Waals surface area contributed by atoms with E-state index in [4.69, 9.17) is 4.52 Å². The molecule has 0 rings (SSSR count). The smallest absolute Gasteiger partial charge is 0.188 e. The molecular weight excluding hydrogens is 231 g/mol. The van der Waals surface area contributed by atoms with Gasteiger partial charge in [0, 0.05) is 18.1 Å². The van der Waals surface area contributed by atoms with Gasteiger partial charge in [0.15, 0.2) is 8.45 Å². The molecule has 3 nitrogen and oxygen atoms in total. The van der Waals surface area contributed by atoms with E-state index in [9.17, 15) is 0 Å². The molecule has 0 saturated carbocycles. The summed E-state index contributed by atoms with van der Waals surface area (Å²) in [5, 5.41) is 0. The van der Waals surface area contributed by atoms with Gasteiger partial charge in [-0.05, 0) is 62.4 Å². The Kier molecular flexibility index (Phi) is 7.82. The molecule has 0 saturated heterocycles. The molecule has 0 fully saturated rings. The van der Waals surface area contributed by atoms with Gasteiger partial charge in [0.2, 0.25) is 0 Å². The normalized spacial score (nSPS) is 15.0. The minimum atomic E-state index is -0.676. The Balaban J connectivity index is 4.98. The average Bonchev–Trinajstić information content (AvgIpc) is 2.13. The molecule has 0 bridgehead atoms. The molecule has 0 aliphatic rings. The topological polar surface area (TPSA) is 15.7 Å². The fourth-order valence-electron chi connectivity index (χ4n) is 1.67. The molecule has 4 heteroatoms. The molecule has 17 heavy (non-hydrogen) atoms. The lowest BCUT2D eigenvalue weighted by molar-refractivity contribution is 0.181. The summed E-state index contributed by atoms with van der Waals surface area (Å²) in [5.74, 6) is 0. The third kappa shape index (κ3) is 5.65. The number of hydrogen-bond acceptors (Lipinski definition) is 3. The summed E-state index contributed by atoms with van der Waals surface area (Å²) in [6, 6.07) is 1.50. The predicted molar refractivity (Wildman–Crippen MR) is 78.2 cm³/mol. The Hall–Kier alpha value is 0.310. The first-order valence-corrected chi connectivity index (χ1v) is 7.82. The lowest BCUT2D eigenvalue weighted by Crippen LogP contribution is -2.39. The molecule has 0 N–H and O–H groups in total. The summed E-state index contributed by atoms with van der Waals surface area (Å²) in [6.45, 7) is 17.6. The molecule has 0 aromatic heterocycles. The van der Waals surface area contributed by atoms with Crippen LogP contribution in [0.15, 0.2) is 0 Å². The van der Waals surface area contributed by atoms with Crippen LogP contribution in [0.2, 0.25) is 0 Å². The monoisotopic (exact) mass is 262 g/mol. The number of hydrogen-bond donors (Lipinski definition) is 0. The Morgan fingerprint density at radius 2 is 1.18 bits per heavy atom. The zero-order valence-corrected chi connectivity index (χ0v) is 14.0. The molecule has 0 amide bonds. The lowest BCUT2D eigenvalue weighted by Gasteiger charge is -2.43. The van der Waals surface area contributed by atoms with Crippen LogP contribution < -0.4 is 0 Å². The van der Waals surface area contributed by atoms with Crippen molar-refractivity contribution < 1.29 is 4.52 Å². The fourth-order valence-corrected chi connectivity index (χ4v) is 3.82. The highest BCUT2D eigenvalue weighted by atomic mass is 31.2. The van der Waals surface area contributed by atoms with E-state index in [0.29, 0.717) is 18.1 Å². The van der Waals surface area contributed by atoms with E-state index >= 15 is 0 Å². The van der Waals surface area contributed by atoms with Gasteiger partial charge in [0.1, 0.15) is 0 Å². The molecule has 0 aliphatic carbocycles. The zero-order valence-electron chi connectivity index (χ0n) is 13.1. The van der Waals surface area contributed by atoms with Crippen molar-refractivity contribution >= 4 is 8.45 Å². The van der Waals surface area contributed by atoms with Crippen LogP contribution in [0.1, 0.15) is 55.4 Å². The number of rotatable bonds is 7. The van der Waals surface area contributed by atoms with Crippen LogP contribution in [-0.2, 0) is 4.52 Å². The fraction of sp³-hybridized carbons (Fsp3) is 1.00. The first-order valence-electron chi connectivity index (χ1n) is 6.66. The van der Waals surface area contributed by atoms with E-state index in [2.05, 4.69) is 71.8 Å². The second kappa shape index (κ2) is 7.68. The summed E-state index contributed by atoms with van der Waals surface area (Å²) in [5.41, 5.74) is 0. The van der Waals surface area contributed by atoms with Crippen molar-refractivity contribution in [2.45, 2.75) is 79.6 Å². The van der Waals surface area contributed by atoms with E-state index in [-0.39, 0.29) is 6.10 Å². The molecule has 0 heterocycles. The molecular formula is C13H31N2OP. The second-order valence-corrected chi connectivity index (χ2v) is 7.45. The van der Waals surface area contributed by atoms with Crippen molar-refractivity contribution in [3.05, 3.63) is 0 Å². The Morgan fingerprint density at radius 1 is 0.765 bits per heavy atom. The summed E-state index contributed by atoms with van der Waals surface area (Å²) >= 11 is 0. The molecule has 0 aromatic rings. The SMILES string of the molecule is CC(C)OP(N(C)C(C)C)N(C(C)C)C(C)C. The summed E-state index contributed by atoms with van der Waals surface area (Å²) in [4.78, 5) is 0. The first kappa shape index (κ1) is 17.3. The molecule has 0 aromatic carbocycles.